The van der Waals surface area contributed by atoms with Crippen LogP contribution in [0.25, 0.3) is 10.8 Å². The average Bonchev–Trinajstić information content (AvgIpc) is 2.60. The minimum Gasteiger partial charge on any atom is -0.481 e. The standard InChI is InChI=1S/C20H19NO2/c1-15(20(22)21-14-16-7-3-2-4-8-16)23-19-12-11-17-9-5-6-10-18(17)13-19/h2-13,15H,14H2,1H3,(H,21,22)/t15-/m1/s1. The third-order valence-electron chi connectivity index (χ3n) is 3.71. The zero-order valence-electron chi connectivity index (χ0n) is 13.0. The molecule has 3 aromatic rings. The van der Waals surface area contributed by atoms with E-state index in [0.29, 0.717) is 12.3 Å². The summed E-state index contributed by atoms with van der Waals surface area (Å²) in [6.45, 7) is 2.26. The maximum atomic E-state index is 12.1. The van der Waals surface area contributed by atoms with Crippen molar-refractivity contribution in [2.75, 3.05) is 0 Å². The predicted molar refractivity (Wildman–Crippen MR) is 92.3 cm³/mol. The van der Waals surface area contributed by atoms with Crippen molar-refractivity contribution in [3.8, 4) is 5.75 Å². The first-order chi connectivity index (χ1) is 11.2. The van der Waals surface area contributed by atoms with Crippen LogP contribution in [0.2, 0.25) is 0 Å². The molecule has 0 bridgehead atoms. The summed E-state index contributed by atoms with van der Waals surface area (Å²) in [5.41, 5.74) is 1.07. The molecule has 3 rings (SSSR count). The van der Waals surface area contributed by atoms with Crippen LogP contribution in [0.15, 0.2) is 72.8 Å². The van der Waals surface area contributed by atoms with E-state index in [0.717, 1.165) is 16.3 Å². The Labute approximate surface area is 135 Å². The van der Waals surface area contributed by atoms with Gasteiger partial charge < -0.3 is 10.1 Å². The van der Waals surface area contributed by atoms with E-state index >= 15 is 0 Å². The molecule has 0 fully saturated rings. The van der Waals surface area contributed by atoms with Gasteiger partial charge in [-0.05, 0) is 35.4 Å². The van der Waals surface area contributed by atoms with Crippen LogP contribution < -0.4 is 10.1 Å². The van der Waals surface area contributed by atoms with Gasteiger partial charge in [-0.25, -0.2) is 0 Å². The van der Waals surface area contributed by atoms with E-state index in [1.807, 2.05) is 66.7 Å². The van der Waals surface area contributed by atoms with Crippen LogP contribution in [-0.4, -0.2) is 12.0 Å². The zero-order chi connectivity index (χ0) is 16.1. The lowest BCUT2D eigenvalue weighted by Crippen LogP contribution is -2.35. The summed E-state index contributed by atoms with van der Waals surface area (Å²) in [6, 6.07) is 23.7. The number of carbonyl (C=O) groups is 1. The number of hydrogen-bond acceptors (Lipinski definition) is 2. The third-order valence-corrected chi connectivity index (χ3v) is 3.71. The van der Waals surface area contributed by atoms with Gasteiger partial charge in [0, 0.05) is 6.54 Å². The van der Waals surface area contributed by atoms with Crippen molar-refractivity contribution in [3.05, 3.63) is 78.4 Å². The molecule has 0 spiro atoms. The largest absolute Gasteiger partial charge is 0.481 e. The number of amides is 1. The van der Waals surface area contributed by atoms with Crippen molar-refractivity contribution in [1.82, 2.24) is 5.32 Å². The van der Waals surface area contributed by atoms with E-state index < -0.39 is 6.10 Å². The van der Waals surface area contributed by atoms with E-state index in [-0.39, 0.29) is 5.91 Å². The van der Waals surface area contributed by atoms with Crippen LogP contribution in [0, 0.1) is 0 Å². The van der Waals surface area contributed by atoms with E-state index in [2.05, 4.69) is 11.4 Å². The van der Waals surface area contributed by atoms with Crippen LogP contribution in [-0.2, 0) is 11.3 Å². The van der Waals surface area contributed by atoms with Crippen LogP contribution >= 0.6 is 0 Å². The summed E-state index contributed by atoms with van der Waals surface area (Å²) in [5, 5.41) is 5.14. The van der Waals surface area contributed by atoms with Gasteiger partial charge in [0.25, 0.3) is 5.91 Å². The first kappa shape index (κ1) is 15.1. The highest BCUT2D eigenvalue weighted by Crippen LogP contribution is 2.21. The normalized spacial score (nSPS) is 11.9. The summed E-state index contributed by atoms with van der Waals surface area (Å²) in [7, 11) is 0. The first-order valence-corrected chi connectivity index (χ1v) is 7.69. The van der Waals surface area contributed by atoms with Gasteiger partial charge in [0.1, 0.15) is 5.75 Å². The number of benzene rings is 3. The Balaban J connectivity index is 1.60. The number of hydrogen-bond donors (Lipinski definition) is 1. The fraction of sp³-hybridized carbons (Fsp3) is 0.150. The van der Waals surface area contributed by atoms with Crippen LogP contribution in [0.1, 0.15) is 12.5 Å². The minimum atomic E-state index is -0.542. The molecule has 0 aliphatic rings. The lowest BCUT2D eigenvalue weighted by Gasteiger charge is -2.15. The number of nitrogens with one attached hydrogen (secondary N) is 1. The lowest BCUT2D eigenvalue weighted by molar-refractivity contribution is -0.127. The SMILES string of the molecule is C[C@@H](Oc1ccc2ccccc2c1)C(=O)NCc1ccccc1. The van der Waals surface area contributed by atoms with Crippen molar-refractivity contribution in [2.45, 2.75) is 19.6 Å². The molecule has 0 unspecified atom stereocenters. The number of fused-ring (bicyclic) bond motifs is 1. The summed E-state index contributed by atoms with van der Waals surface area (Å²) in [5.74, 6) is 0.577. The van der Waals surface area contributed by atoms with Crippen molar-refractivity contribution in [2.24, 2.45) is 0 Å². The van der Waals surface area contributed by atoms with Crippen LogP contribution in [0.3, 0.4) is 0 Å². The molecule has 1 atom stereocenters. The summed E-state index contributed by atoms with van der Waals surface area (Å²) in [6.07, 6.45) is -0.542. The third kappa shape index (κ3) is 3.89. The quantitative estimate of drug-likeness (QED) is 0.776. The van der Waals surface area contributed by atoms with Crippen LogP contribution in [0.4, 0.5) is 0 Å². The number of carbonyl (C=O) groups excluding carboxylic acids is 1. The van der Waals surface area contributed by atoms with Gasteiger partial charge in [0.15, 0.2) is 6.10 Å². The minimum absolute atomic E-state index is 0.123. The fourth-order valence-corrected chi connectivity index (χ4v) is 2.43. The molecule has 0 radical (unpaired) electrons. The highest BCUT2D eigenvalue weighted by atomic mass is 16.5. The van der Waals surface area contributed by atoms with Gasteiger partial charge in [-0.1, -0.05) is 60.7 Å². The molecule has 3 nitrogen and oxygen atoms in total. The second-order valence-electron chi connectivity index (χ2n) is 5.47. The number of rotatable bonds is 5. The molecular weight excluding hydrogens is 286 g/mol. The van der Waals surface area contributed by atoms with Crippen molar-refractivity contribution < 1.29 is 9.53 Å². The van der Waals surface area contributed by atoms with E-state index in [9.17, 15) is 4.79 Å². The summed E-state index contributed by atoms with van der Waals surface area (Å²) in [4.78, 5) is 12.1. The number of ether oxygens (including phenoxy) is 1. The molecule has 1 amide bonds. The highest BCUT2D eigenvalue weighted by Gasteiger charge is 2.14. The second-order valence-corrected chi connectivity index (χ2v) is 5.47. The maximum absolute atomic E-state index is 12.1. The van der Waals surface area contributed by atoms with E-state index in [1.165, 1.54) is 0 Å². The molecule has 0 saturated heterocycles. The van der Waals surface area contributed by atoms with Gasteiger partial charge in [0.05, 0.1) is 0 Å². The van der Waals surface area contributed by atoms with Gasteiger partial charge in [0.2, 0.25) is 0 Å². The fourth-order valence-electron chi connectivity index (χ4n) is 2.43. The molecule has 3 heteroatoms. The molecule has 116 valence electrons. The maximum Gasteiger partial charge on any atom is 0.261 e. The van der Waals surface area contributed by atoms with Crippen molar-refractivity contribution in [3.63, 3.8) is 0 Å². The van der Waals surface area contributed by atoms with Gasteiger partial charge in [-0.3, -0.25) is 4.79 Å². The molecule has 0 heterocycles. The van der Waals surface area contributed by atoms with Crippen molar-refractivity contribution >= 4 is 16.7 Å². The van der Waals surface area contributed by atoms with Gasteiger partial charge in [-0.2, -0.15) is 0 Å². The Bertz CT molecular complexity index is 799. The summed E-state index contributed by atoms with van der Waals surface area (Å²) >= 11 is 0. The Morgan fingerprint density at radius 3 is 2.43 bits per heavy atom. The molecule has 3 aromatic carbocycles. The Morgan fingerprint density at radius 2 is 1.65 bits per heavy atom. The second kappa shape index (κ2) is 6.97. The Morgan fingerprint density at radius 1 is 0.957 bits per heavy atom. The Hall–Kier alpha value is -2.81. The van der Waals surface area contributed by atoms with Gasteiger partial charge >= 0.3 is 0 Å². The molecule has 0 aliphatic heterocycles. The topological polar surface area (TPSA) is 38.3 Å². The highest BCUT2D eigenvalue weighted by molar-refractivity contribution is 5.84. The predicted octanol–water partition coefficient (Wildman–Crippen LogP) is 3.92. The van der Waals surface area contributed by atoms with Crippen molar-refractivity contribution in [1.29, 1.82) is 0 Å². The molecule has 0 saturated carbocycles. The average molecular weight is 305 g/mol. The zero-order valence-corrected chi connectivity index (χ0v) is 13.0. The molecule has 0 aromatic heterocycles. The lowest BCUT2D eigenvalue weighted by atomic mass is 10.1. The Kier molecular flexibility index (Phi) is 4.57. The molecular formula is C20H19NO2. The molecule has 1 N–H and O–H groups in total. The van der Waals surface area contributed by atoms with E-state index in [1.54, 1.807) is 6.92 Å². The smallest absolute Gasteiger partial charge is 0.261 e. The monoisotopic (exact) mass is 305 g/mol. The van der Waals surface area contributed by atoms with Crippen LogP contribution in [0.5, 0.6) is 5.75 Å². The molecule has 23 heavy (non-hydrogen) atoms. The molecule has 0 aliphatic carbocycles. The van der Waals surface area contributed by atoms with Gasteiger partial charge in [-0.15, -0.1) is 0 Å². The van der Waals surface area contributed by atoms with E-state index in [4.69, 9.17) is 4.74 Å². The first-order valence-electron chi connectivity index (χ1n) is 7.69. The summed E-state index contributed by atoms with van der Waals surface area (Å²) < 4.78 is 5.76.